The highest BCUT2D eigenvalue weighted by molar-refractivity contribution is 7.80. The highest BCUT2D eigenvalue weighted by Crippen LogP contribution is 2.39. The van der Waals surface area contributed by atoms with Gasteiger partial charge in [-0.2, -0.15) is 5.10 Å². The number of carbonyl (C=O) groups is 2. The number of thiophene rings is 1. The lowest BCUT2D eigenvalue weighted by Crippen LogP contribution is -2.24. The van der Waals surface area contributed by atoms with Gasteiger partial charge in [0.1, 0.15) is 10.7 Å². The third kappa shape index (κ3) is 3.29. The lowest BCUT2D eigenvalue weighted by Gasteiger charge is -2.11. The minimum Gasteiger partial charge on any atom is -0.465 e. The number of nitrogens with two attached hydrogens (primary N) is 1. The number of nitrogens with one attached hydrogen (secondary N) is 2. The van der Waals surface area contributed by atoms with Crippen molar-refractivity contribution in [3.8, 4) is 0 Å². The smallest absolute Gasteiger partial charge is 0.341 e. The van der Waals surface area contributed by atoms with Crippen LogP contribution in [0.1, 0.15) is 44.6 Å². The molecule has 4 N–H and O–H groups in total. The van der Waals surface area contributed by atoms with Gasteiger partial charge in [-0.1, -0.05) is 0 Å². The minimum absolute atomic E-state index is 0.244. The van der Waals surface area contributed by atoms with Gasteiger partial charge in [0.25, 0.3) is 5.91 Å². The number of aromatic nitrogens is 2. The Hall–Kier alpha value is -2.46. The number of anilines is 2. The van der Waals surface area contributed by atoms with Gasteiger partial charge < -0.3 is 21.1 Å². The van der Waals surface area contributed by atoms with Gasteiger partial charge in [0.05, 0.1) is 24.6 Å². The maximum atomic E-state index is 12.2. The third-order valence-corrected chi connectivity index (χ3v) is 5.57. The van der Waals surface area contributed by atoms with Crippen molar-refractivity contribution < 1.29 is 14.3 Å². The van der Waals surface area contributed by atoms with Gasteiger partial charge in [0, 0.05) is 11.4 Å². The van der Waals surface area contributed by atoms with Crippen LogP contribution in [0.3, 0.4) is 0 Å². The summed E-state index contributed by atoms with van der Waals surface area (Å²) >= 11 is 6.84. The van der Waals surface area contributed by atoms with Crippen molar-refractivity contribution >= 4 is 51.2 Å². The predicted molar refractivity (Wildman–Crippen MR) is 104 cm³/mol. The molecule has 26 heavy (non-hydrogen) atoms. The number of carbonyl (C=O) groups excluding carboxylic acids is 2. The zero-order valence-corrected chi connectivity index (χ0v) is 16.1. The Bertz CT molecular complexity index is 887. The molecule has 0 aliphatic heterocycles. The number of fused-ring (bicyclic) bond motifs is 1. The second kappa shape index (κ2) is 7.42. The van der Waals surface area contributed by atoms with Crippen molar-refractivity contribution in [3.05, 3.63) is 27.9 Å². The summed E-state index contributed by atoms with van der Waals surface area (Å²) in [6.45, 7) is 2.36. The van der Waals surface area contributed by atoms with Crippen LogP contribution >= 0.6 is 23.6 Å². The molecule has 1 amide bonds. The van der Waals surface area contributed by atoms with Gasteiger partial charge in [-0.25, -0.2) is 4.79 Å². The molecule has 0 spiro atoms. The van der Waals surface area contributed by atoms with E-state index in [2.05, 4.69) is 15.7 Å². The minimum atomic E-state index is -0.597. The van der Waals surface area contributed by atoms with Gasteiger partial charge in [0.2, 0.25) is 0 Å². The first-order valence-electron chi connectivity index (χ1n) is 8.12. The lowest BCUT2D eigenvalue weighted by molar-refractivity contribution is 0.0601. The van der Waals surface area contributed by atoms with Crippen LogP contribution in [0.5, 0.6) is 0 Å². The van der Waals surface area contributed by atoms with E-state index in [1.165, 1.54) is 34.2 Å². The molecule has 0 radical (unpaired) electrons. The van der Waals surface area contributed by atoms with Crippen molar-refractivity contribution in [2.75, 3.05) is 17.7 Å². The van der Waals surface area contributed by atoms with Crippen molar-refractivity contribution in [2.24, 2.45) is 5.73 Å². The normalized spacial score (nSPS) is 12.5. The molecule has 0 saturated heterocycles. The maximum absolute atomic E-state index is 12.2. The van der Waals surface area contributed by atoms with Crippen LogP contribution < -0.4 is 16.4 Å². The van der Waals surface area contributed by atoms with Crippen molar-refractivity contribution in [1.82, 2.24) is 9.78 Å². The molecular formula is C16H19N5O3S2. The zero-order valence-electron chi connectivity index (χ0n) is 14.4. The van der Waals surface area contributed by atoms with Gasteiger partial charge in [-0.15, -0.1) is 11.3 Å². The first-order valence-corrected chi connectivity index (χ1v) is 9.35. The molecular weight excluding hydrogens is 374 g/mol. The number of primary amides is 1. The molecule has 0 bridgehead atoms. The van der Waals surface area contributed by atoms with Crippen LogP contribution in [0.25, 0.3) is 0 Å². The highest BCUT2D eigenvalue weighted by Gasteiger charge is 2.27. The lowest BCUT2D eigenvalue weighted by atomic mass is 10.1. The summed E-state index contributed by atoms with van der Waals surface area (Å²) in [7, 11) is 1.36. The van der Waals surface area contributed by atoms with Crippen LogP contribution in [0.2, 0.25) is 0 Å². The van der Waals surface area contributed by atoms with Crippen molar-refractivity contribution in [2.45, 2.75) is 32.7 Å². The number of rotatable bonds is 5. The van der Waals surface area contributed by atoms with Gasteiger partial charge in [0.15, 0.2) is 5.11 Å². The van der Waals surface area contributed by atoms with Crippen LogP contribution in [0, 0.1) is 0 Å². The predicted octanol–water partition coefficient (Wildman–Crippen LogP) is 2.15. The summed E-state index contributed by atoms with van der Waals surface area (Å²) < 4.78 is 6.41. The van der Waals surface area contributed by atoms with Crippen LogP contribution in [0.4, 0.5) is 10.7 Å². The molecule has 2 aromatic rings. The van der Waals surface area contributed by atoms with E-state index in [9.17, 15) is 9.59 Å². The van der Waals surface area contributed by atoms with Crippen LogP contribution in [0.15, 0.2) is 6.20 Å². The van der Waals surface area contributed by atoms with Crippen molar-refractivity contribution in [1.29, 1.82) is 0 Å². The first kappa shape index (κ1) is 18.3. The number of amides is 1. The Morgan fingerprint density at radius 3 is 2.85 bits per heavy atom. The molecule has 0 fully saturated rings. The van der Waals surface area contributed by atoms with Crippen molar-refractivity contribution in [3.63, 3.8) is 0 Å². The molecule has 138 valence electrons. The molecule has 0 atom stereocenters. The van der Waals surface area contributed by atoms with E-state index in [1.807, 2.05) is 6.92 Å². The Labute approximate surface area is 159 Å². The fourth-order valence-electron chi connectivity index (χ4n) is 3.04. The molecule has 1 aliphatic carbocycles. The average molecular weight is 393 g/mol. The van der Waals surface area contributed by atoms with E-state index in [0.29, 0.717) is 22.8 Å². The number of nitrogens with zero attached hydrogens (tertiary/aromatic N) is 2. The summed E-state index contributed by atoms with van der Waals surface area (Å²) in [4.78, 5) is 25.0. The summed E-state index contributed by atoms with van der Waals surface area (Å²) in [6.07, 6.45) is 4.33. The highest BCUT2D eigenvalue weighted by atomic mass is 32.1. The van der Waals surface area contributed by atoms with E-state index in [0.717, 1.165) is 24.8 Å². The number of esters is 1. The number of methoxy groups -OCH3 is 1. The number of hydrogen-bond acceptors (Lipinski definition) is 6. The second-order valence-electron chi connectivity index (χ2n) is 5.72. The quantitative estimate of drug-likeness (QED) is 0.527. The number of hydrogen-bond donors (Lipinski definition) is 3. The number of thiocarbonyl (C=S) groups is 1. The Morgan fingerprint density at radius 2 is 2.19 bits per heavy atom. The SMILES string of the molecule is CCn1ncc(NC(=S)Nc2sc3c(c2C(=O)OC)CCC3)c1C(N)=O. The molecule has 10 heteroatoms. The molecule has 2 heterocycles. The zero-order chi connectivity index (χ0) is 18.8. The van der Waals surface area contributed by atoms with Gasteiger partial charge in [-0.05, 0) is 44.0 Å². The fraction of sp³-hybridized carbons (Fsp3) is 0.375. The van der Waals surface area contributed by atoms with E-state index < -0.39 is 5.91 Å². The fourth-order valence-corrected chi connectivity index (χ4v) is 4.60. The van der Waals surface area contributed by atoms with Crippen LogP contribution in [-0.2, 0) is 24.1 Å². The third-order valence-electron chi connectivity index (χ3n) is 4.16. The summed E-state index contributed by atoms with van der Waals surface area (Å²) in [5.74, 6) is -0.980. The average Bonchev–Trinajstić information content (AvgIpc) is 3.27. The standard InChI is InChI=1S/C16H19N5O3S2/c1-3-21-12(13(17)22)9(7-18-21)19-16(25)20-14-11(15(23)24-2)8-5-4-6-10(8)26-14/h7H,3-6H2,1-2H3,(H2,17,22)(H2,19,20,25). The van der Waals surface area contributed by atoms with Crippen LogP contribution in [-0.4, -0.2) is 33.9 Å². The molecule has 0 unspecified atom stereocenters. The summed E-state index contributed by atoms with van der Waals surface area (Å²) in [6, 6.07) is 0. The molecule has 2 aromatic heterocycles. The van der Waals surface area contributed by atoms with Gasteiger partial charge in [-0.3, -0.25) is 9.48 Å². The molecule has 0 aromatic carbocycles. The summed E-state index contributed by atoms with van der Waals surface area (Å²) in [5, 5.41) is 11.0. The molecule has 8 nitrogen and oxygen atoms in total. The molecule has 3 rings (SSSR count). The Balaban J connectivity index is 1.83. The molecule has 1 aliphatic rings. The van der Waals surface area contributed by atoms with E-state index >= 15 is 0 Å². The second-order valence-corrected chi connectivity index (χ2v) is 7.23. The Kier molecular flexibility index (Phi) is 5.23. The topological polar surface area (TPSA) is 111 Å². The van der Waals surface area contributed by atoms with Gasteiger partial charge >= 0.3 is 5.97 Å². The van der Waals surface area contributed by atoms with E-state index in [4.69, 9.17) is 22.7 Å². The molecule has 0 saturated carbocycles. The first-order chi connectivity index (χ1) is 12.5. The largest absolute Gasteiger partial charge is 0.465 e. The monoisotopic (exact) mass is 393 g/mol. The summed E-state index contributed by atoms with van der Waals surface area (Å²) in [5.41, 5.74) is 7.66. The van der Waals surface area contributed by atoms with E-state index in [1.54, 1.807) is 0 Å². The number of ether oxygens (including phenoxy) is 1. The van der Waals surface area contributed by atoms with E-state index in [-0.39, 0.29) is 16.8 Å². The maximum Gasteiger partial charge on any atom is 0.341 e. The number of aryl methyl sites for hydroxylation is 2. The Morgan fingerprint density at radius 1 is 1.42 bits per heavy atom.